The van der Waals surface area contributed by atoms with Crippen molar-refractivity contribution in [3.8, 4) is 6.07 Å². The van der Waals surface area contributed by atoms with Gasteiger partial charge >= 0.3 is 0 Å². The van der Waals surface area contributed by atoms with E-state index < -0.39 is 0 Å². The normalized spacial score (nSPS) is 17.7. The summed E-state index contributed by atoms with van der Waals surface area (Å²) in [6, 6.07) is 5.62. The Morgan fingerprint density at radius 2 is 2.18 bits per heavy atom. The van der Waals surface area contributed by atoms with Crippen LogP contribution in [-0.4, -0.2) is 22.2 Å². The molecule has 0 aromatic carbocycles. The number of nitriles is 1. The molecule has 1 heterocycles. The predicted molar refractivity (Wildman–Crippen MR) is 65.6 cm³/mol. The molecule has 4 nitrogen and oxygen atoms in total. The van der Waals surface area contributed by atoms with E-state index >= 15 is 0 Å². The maximum absolute atomic E-state index is 9.52. The van der Waals surface area contributed by atoms with E-state index in [4.69, 9.17) is 5.26 Å². The van der Waals surface area contributed by atoms with Crippen LogP contribution in [0.4, 0.5) is 5.82 Å². The Morgan fingerprint density at radius 1 is 1.47 bits per heavy atom. The molecule has 1 fully saturated rings. The van der Waals surface area contributed by atoms with E-state index in [1.807, 2.05) is 6.92 Å². The van der Waals surface area contributed by atoms with Crippen LogP contribution in [0.2, 0.25) is 0 Å². The fourth-order valence-corrected chi connectivity index (χ4v) is 2.44. The predicted octanol–water partition coefficient (Wildman–Crippen LogP) is 1.98. The standard InChI is InChI=1S/C13H17N3O/c1-10-6-11(8-14)7-12(15-10)16-13(9-17)4-2-3-5-13/h6-7,17H,2-5,9H2,1H3,(H,15,16). The molecule has 0 atom stereocenters. The summed E-state index contributed by atoms with van der Waals surface area (Å²) in [5.74, 6) is 0.692. The third-order valence-corrected chi connectivity index (χ3v) is 3.34. The molecule has 0 amide bonds. The van der Waals surface area contributed by atoms with Gasteiger partial charge < -0.3 is 10.4 Å². The first kappa shape index (κ1) is 11.9. The number of nitrogens with one attached hydrogen (secondary N) is 1. The van der Waals surface area contributed by atoms with Crippen molar-refractivity contribution in [3.63, 3.8) is 0 Å². The molecule has 0 aliphatic heterocycles. The summed E-state index contributed by atoms with van der Waals surface area (Å²) in [6.45, 7) is 1.98. The zero-order chi connectivity index (χ0) is 12.3. The van der Waals surface area contributed by atoms with Crippen molar-refractivity contribution in [1.82, 2.24) is 4.98 Å². The molecule has 0 spiro atoms. The van der Waals surface area contributed by atoms with Crippen LogP contribution in [0.3, 0.4) is 0 Å². The average molecular weight is 231 g/mol. The van der Waals surface area contributed by atoms with Crippen molar-refractivity contribution in [2.24, 2.45) is 0 Å². The smallest absolute Gasteiger partial charge is 0.128 e. The van der Waals surface area contributed by atoms with E-state index in [2.05, 4.69) is 16.4 Å². The minimum atomic E-state index is -0.243. The van der Waals surface area contributed by atoms with Gasteiger partial charge in [0.2, 0.25) is 0 Å². The Balaban J connectivity index is 2.23. The topological polar surface area (TPSA) is 68.9 Å². The van der Waals surface area contributed by atoms with Crippen molar-refractivity contribution in [2.45, 2.75) is 38.1 Å². The second-order valence-electron chi connectivity index (χ2n) is 4.76. The minimum Gasteiger partial charge on any atom is -0.394 e. The van der Waals surface area contributed by atoms with Gasteiger partial charge in [-0.15, -0.1) is 0 Å². The number of aliphatic hydroxyl groups excluding tert-OH is 1. The highest BCUT2D eigenvalue weighted by Crippen LogP contribution is 2.32. The number of nitrogens with zero attached hydrogens (tertiary/aromatic N) is 2. The first-order valence-corrected chi connectivity index (χ1v) is 5.95. The van der Waals surface area contributed by atoms with Crippen LogP contribution in [-0.2, 0) is 0 Å². The Hall–Kier alpha value is -1.60. The fourth-order valence-electron chi connectivity index (χ4n) is 2.44. The molecule has 17 heavy (non-hydrogen) atoms. The number of aryl methyl sites for hydroxylation is 1. The van der Waals surface area contributed by atoms with Crippen LogP contribution >= 0.6 is 0 Å². The lowest BCUT2D eigenvalue weighted by atomic mass is 9.99. The zero-order valence-electron chi connectivity index (χ0n) is 10.0. The highest BCUT2D eigenvalue weighted by molar-refractivity contribution is 5.46. The summed E-state index contributed by atoms with van der Waals surface area (Å²) in [7, 11) is 0. The van der Waals surface area contributed by atoms with Gasteiger partial charge in [0, 0.05) is 5.69 Å². The van der Waals surface area contributed by atoms with Gasteiger partial charge in [-0.2, -0.15) is 5.26 Å². The van der Waals surface area contributed by atoms with Crippen LogP contribution < -0.4 is 5.32 Å². The monoisotopic (exact) mass is 231 g/mol. The van der Waals surface area contributed by atoms with Gasteiger partial charge in [-0.3, -0.25) is 0 Å². The van der Waals surface area contributed by atoms with Crippen molar-refractivity contribution >= 4 is 5.82 Å². The third kappa shape index (κ3) is 2.56. The molecule has 1 saturated carbocycles. The molecule has 2 N–H and O–H groups in total. The van der Waals surface area contributed by atoms with Gasteiger partial charge in [0.15, 0.2) is 0 Å². The van der Waals surface area contributed by atoms with Crippen molar-refractivity contribution in [1.29, 1.82) is 5.26 Å². The number of aromatic nitrogens is 1. The van der Waals surface area contributed by atoms with Gasteiger partial charge in [-0.1, -0.05) is 12.8 Å². The number of pyridine rings is 1. The lowest BCUT2D eigenvalue weighted by Gasteiger charge is -2.28. The van der Waals surface area contributed by atoms with E-state index in [1.54, 1.807) is 12.1 Å². The van der Waals surface area contributed by atoms with Gasteiger partial charge in [-0.25, -0.2) is 4.98 Å². The van der Waals surface area contributed by atoms with Crippen molar-refractivity contribution < 1.29 is 5.11 Å². The van der Waals surface area contributed by atoms with E-state index in [1.165, 1.54) is 0 Å². The lowest BCUT2D eigenvalue weighted by Crippen LogP contribution is -2.39. The van der Waals surface area contributed by atoms with E-state index in [9.17, 15) is 5.11 Å². The van der Waals surface area contributed by atoms with Crippen LogP contribution in [0.1, 0.15) is 36.9 Å². The lowest BCUT2D eigenvalue weighted by molar-refractivity contribution is 0.214. The number of hydrogen-bond acceptors (Lipinski definition) is 4. The molecule has 0 saturated heterocycles. The number of rotatable bonds is 3. The summed E-state index contributed by atoms with van der Waals surface area (Å²) in [4.78, 5) is 4.36. The molecular formula is C13H17N3O. The summed E-state index contributed by atoms with van der Waals surface area (Å²) in [5, 5.41) is 21.7. The summed E-state index contributed by atoms with van der Waals surface area (Å²) >= 11 is 0. The largest absolute Gasteiger partial charge is 0.394 e. The van der Waals surface area contributed by atoms with Gasteiger partial charge in [0.1, 0.15) is 5.82 Å². The summed E-state index contributed by atoms with van der Waals surface area (Å²) < 4.78 is 0. The third-order valence-electron chi connectivity index (χ3n) is 3.34. The maximum Gasteiger partial charge on any atom is 0.128 e. The van der Waals surface area contributed by atoms with E-state index in [0.717, 1.165) is 31.4 Å². The molecule has 1 aliphatic rings. The SMILES string of the molecule is Cc1cc(C#N)cc(NC2(CO)CCCC2)n1. The van der Waals surface area contributed by atoms with Crippen molar-refractivity contribution in [2.75, 3.05) is 11.9 Å². The highest BCUT2D eigenvalue weighted by Gasteiger charge is 2.33. The minimum absolute atomic E-state index is 0.116. The van der Waals surface area contributed by atoms with E-state index in [0.29, 0.717) is 11.4 Å². The molecular weight excluding hydrogens is 214 g/mol. The van der Waals surface area contributed by atoms with Crippen LogP contribution in [0, 0.1) is 18.3 Å². The molecule has 0 unspecified atom stereocenters. The van der Waals surface area contributed by atoms with E-state index in [-0.39, 0.29) is 12.1 Å². The quantitative estimate of drug-likeness (QED) is 0.834. The Morgan fingerprint density at radius 3 is 2.76 bits per heavy atom. The highest BCUT2D eigenvalue weighted by atomic mass is 16.3. The number of hydrogen-bond donors (Lipinski definition) is 2. The second kappa shape index (κ2) is 4.72. The molecule has 1 aromatic heterocycles. The zero-order valence-corrected chi connectivity index (χ0v) is 10.0. The molecule has 1 aromatic rings. The summed E-state index contributed by atoms with van der Waals surface area (Å²) in [6.07, 6.45) is 4.18. The fraction of sp³-hybridized carbons (Fsp3) is 0.538. The van der Waals surface area contributed by atoms with Gasteiger partial charge in [0.05, 0.1) is 23.8 Å². The second-order valence-corrected chi connectivity index (χ2v) is 4.76. The Bertz CT molecular complexity index is 444. The van der Waals surface area contributed by atoms with Gasteiger partial charge in [-0.05, 0) is 31.9 Å². The molecule has 0 radical (unpaired) electrons. The van der Waals surface area contributed by atoms with Crippen LogP contribution in [0.5, 0.6) is 0 Å². The number of aliphatic hydroxyl groups is 1. The average Bonchev–Trinajstić information content (AvgIpc) is 2.77. The molecule has 1 aliphatic carbocycles. The van der Waals surface area contributed by atoms with Crippen LogP contribution in [0.15, 0.2) is 12.1 Å². The first-order chi connectivity index (χ1) is 8.17. The molecule has 4 heteroatoms. The Labute approximate surface area is 101 Å². The maximum atomic E-state index is 9.52. The van der Waals surface area contributed by atoms with Crippen LogP contribution in [0.25, 0.3) is 0 Å². The van der Waals surface area contributed by atoms with Gasteiger partial charge in [0.25, 0.3) is 0 Å². The molecule has 2 rings (SSSR count). The molecule has 0 bridgehead atoms. The number of anilines is 1. The summed E-state index contributed by atoms with van der Waals surface area (Å²) in [5.41, 5.74) is 1.18. The molecule has 90 valence electrons. The van der Waals surface area contributed by atoms with Crippen molar-refractivity contribution in [3.05, 3.63) is 23.4 Å². The Kier molecular flexibility index (Phi) is 3.30. The first-order valence-electron chi connectivity index (χ1n) is 5.95.